The molecule has 0 aromatic heterocycles. The Hall–Kier alpha value is -0.120. The van der Waals surface area contributed by atoms with Gasteiger partial charge >= 0.3 is 0 Å². The van der Waals surface area contributed by atoms with Crippen molar-refractivity contribution in [3.05, 3.63) is 0 Å². The van der Waals surface area contributed by atoms with Crippen LogP contribution in [0.15, 0.2) is 0 Å². The molecule has 100 valence electrons. The predicted octanol–water partition coefficient (Wildman–Crippen LogP) is 2.66. The first-order chi connectivity index (χ1) is 8.24. The van der Waals surface area contributed by atoms with Crippen LogP contribution in [0.4, 0.5) is 0 Å². The van der Waals surface area contributed by atoms with Crippen LogP contribution < -0.4 is 0 Å². The molecular formula is C14H26O3. The van der Waals surface area contributed by atoms with Gasteiger partial charge in [0.15, 0.2) is 0 Å². The lowest BCUT2D eigenvalue weighted by atomic mass is 9.75. The van der Waals surface area contributed by atoms with Crippen LogP contribution in [-0.4, -0.2) is 36.6 Å². The predicted molar refractivity (Wildman–Crippen MR) is 67.0 cm³/mol. The van der Waals surface area contributed by atoms with Crippen LogP contribution in [0, 0.1) is 0 Å². The lowest BCUT2D eigenvalue weighted by Gasteiger charge is -2.41. The molecule has 1 saturated heterocycles. The van der Waals surface area contributed by atoms with Gasteiger partial charge in [0.1, 0.15) is 0 Å². The zero-order chi connectivity index (χ0) is 12.1. The van der Waals surface area contributed by atoms with Gasteiger partial charge < -0.3 is 14.6 Å². The second kappa shape index (κ2) is 6.17. The van der Waals surface area contributed by atoms with E-state index < -0.39 is 0 Å². The zero-order valence-electron chi connectivity index (χ0n) is 11.0. The van der Waals surface area contributed by atoms with Crippen LogP contribution in [0.3, 0.4) is 0 Å². The third-order valence-electron chi connectivity index (χ3n) is 4.39. The molecule has 2 atom stereocenters. The van der Waals surface area contributed by atoms with Crippen molar-refractivity contribution in [2.75, 3.05) is 13.7 Å². The number of methoxy groups -OCH3 is 1. The molecule has 1 aliphatic carbocycles. The third-order valence-corrected chi connectivity index (χ3v) is 4.39. The smallest absolute Gasteiger partial charge is 0.0703 e. The summed E-state index contributed by atoms with van der Waals surface area (Å²) in [6.45, 7) is 0.931. The number of aliphatic hydroxyl groups is 1. The summed E-state index contributed by atoms with van der Waals surface area (Å²) in [6, 6.07) is 0. The summed E-state index contributed by atoms with van der Waals surface area (Å²) in [4.78, 5) is 0. The topological polar surface area (TPSA) is 38.7 Å². The number of hydrogen-bond donors (Lipinski definition) is 1. The van der Waals surface area contributed by atoms with Gasteiger partial charge in [-0.05, 0) is 51.4 Å². The quantitative estimate of drug-likeness (QED) is 0.746. The van der Waals surface area contributed by atoms with E-state index in [1.54, 1.807) is 7.11 Å². The molecule has 0 radical (unpaired) electrons. The maximum absolute atomic E-state index is 10.0. The Bertz CT molecular complexity index is 214. The average molecular weight is 242 g/mol. The molecule has 17 heavy (non-hydrogen) atoms. The van der Waals surface area contributed by atoms with Gasteiger partial charge in [-0.15, -0.1) is 0 Å². The molecule has 0 bridgehead atoms. The Morgan fingerprint density at radius 2 is 2.24 bits per heavy atom. The highest BCUT2D eigenvalue weighted by Gasteiger charge is 2.38. The molecule has 0 aromatic carbocycles. The first-order valence-corrected chi connectivity index (χ1v) is 7.09. The summed E-state index contributed by atoms with van der Waals surface area (Å²) in [6.07, 6.45) is 10.1. The van der Waals surface area contributed by atoms with Crippen molar-refractivity contribution in [2.24, 2.45) is 0 Å². The molecule has 2 unspecified atom stereocenters. The van der Waals surface area contributed by atoms with Crippen molar-refractivity contribution >= 4 is 0 Å². The summed E-state index contributed by atoms with van der Waals surface area (Å²) in [5.41, 5.74) is 0.00325. The second-order valence-corrected chi connectivity index (χ2v) is 5.66. The highest BCUT2D eigenvalue weighted by atomic mass is 16.5. The van der Waals surface area contributed by atoms with E-state index in [-0.39, 0.29) is 11.7 Å². The molecule has 1 N–H and O–H groups in total. The van der Waals surface area contributed by atoms with Crippen molar-refractivity contribution < 1.29 is 14.6 Å². The van der Waals surface area contributed by atoms with E-state index in [9.17, 15) is 5.11 Å². The monoisotopic (exact) mass is 242 g/mol. The van der Waals surface area contributed by atoms with Gasteiger partial charge in [0.2, 0.25) is 0 Å². The fourth-order valence-corrected chi connectivity index (χ4v) is 3.05. The number of hydrogen-bond acceptors (Lipinski definition) is 3. The first kappa shape index (κ1) is 13.3. The summed E-state index contributed by atoms with van der Waals surface area (Å²) in [5.74, 6) is 0. The molecule has 3 heteroatoms. The fraction of sp³-hybridized carbons (Fsp3) is 1.00. The van der Waals surface area contributed by atoms with Crippen molar-refractivity contribution in [1.29, 1.82) is 0 Å². The normalized spacial score (nSPS) is 28.9. The van der Waals surface area contributed by atoms with Crippen LogP contribution >= 0.6 is 0 Å². The lowest BCUT2D eigenvalue weighted by Crippen LogP contribution is -2.42. The summed E-state index contributed by atoms with van der Waals surface area (Å²) < 4.78 is 11.1. The largest absolute Gasteiger partial charge is 0.393 e. The standard InChI is InChI=1S/C14H26O3/c1-16-14(8-4-9-14)11-12(15)5-2-6-13-7-3-10-17-13/h12-13,15H,2-11H2,1H3. The van der Waals surface area contributed by atoms with Gasteiger partial charge in [0.05, 0.1) is 17.8 Å². The molecule has 2 rings (SSSR count). The van der Waals surface area contributed by atoms with E-state index in [2.05, 4.69) is 0 Å². The second-order valence-electron chi connectivity index (χ2n) is 5.66. The molecule has 1 saturated carbocycles. The van der Waals surface area contributed by atoms with Crippen molar-refractivity contribution in [3.63, 3.8) is 0 Å². The minimum absolute atomic E-state index is 0.00325. The Morgan fingerprint density at radius 3 is 2.76 bits per heavy atom. The SMILES string of the molecule is COC1(CC(O)CCCC2CCCO2)CCC1. The lowest BCUT2D eigenvalue weighted by molar-refractivity contribution is -0.100. The van der Waals surface area contributed by atoms with Crippen LogP contribution in [0.25, 0.3) is 0 Å². The fourth-order valence-electron chi connectivity index (χ4n) is 3.05. The molecule has 0 aromatic rings. The Balaban J connectivity index is 1.58. The van der Waals surface area contributed by atoms with Crippen LogP contribution in [0.5, 0.6) is 0 Å². The number of aliphatic hydroxyl groups excluding tert-OH is 1. The molecule has 1 heterocycles. The highest BCUT2D eigenvalue weighted by molar-refractivity contribution is 4.91. The van der Waals surface area contributed by atoms with Gasteiger partial charge in [-0.2, -0.15) is 0 Å². The molecule has 0 spiro atoms. The Labute approximate surface area is 104 Å². The van der Waals surface area contributed by atoms with E-state index >= 15 is 0 Å². The van der Waals surface area contributed by atoms with E-state index in [0.717, 1.165) is 45.1 Å². The minimum Gasteiger partial charge on any atom is -0.393 e. The number of ether oxygens (including phenoxy) is 2. The Kier molecular flexibility index (Phi) is 4.83. The first-order valence-electron chi connectivity index (χ1n) is 7.09. The van der Waals surface area contributed by atoms with E-state index in [1.807, 2.05) is 0 Å². The van der Waals surface area contributed by atoms with Gasteiger partial charge in [0, 0.05) is 20.1 Å². The molecule has 2 fully saturated rings. The van der Waals surface area contributed by atoms with Gasteiger partial charge in [-0.3, -0.25) is 0 Å². The van der Waals surface area contributed by atoms with Crippen molar-refractivity contribution in [3.8, 4) is 0 Å². The van der Waals surface area contributed by atoms with Crippen LogP contribution in [-0.2, 0) is 9.47 Å². The van der Waals surface area contributed by atoms with E-state index in [0.29, 0.717) is 6.10 Å². The Morgan fingerprint density at radius 1 is 1.41 bits per heavy atom. The maximum atomic E-state index is 10.0. The van der Waals surface area contributed by atoms with E-state index in [4.69, 9.17) is 9.47 Å². The van der Waals surface area contributed by atoms with Gasteiger partial charge in [-0.25, -0.2) is 0 Å². The zero-order valence-corrected chi connectivity index (χ0v) is 11.0. The third kappa shape index (κ3) is 3.67. The van der Waals surface area contributed by atoms with Gasteiger partial charge in [0.25, 0.3) is 0 Å². The molecule has 1 aliphatic heterocycles. The summed E-state index contributed by atoms with van der Waals surface area (Å²) in [5, 5.41) is 10.0. The van der Waals surface area contributed by atoms with Crippen LogP contribution in [0.1, 0.15) is 57.8 Å². The van der Waals surface area contributed by atoms with Gasteiger partial charge in [-0.1, -0.05) is 0 Å². The highest BCUT2D eigenvalue weighted by Crippen LogP contribution is 2.39. The van der Waals surface area contributed by atoms with Crippen molar-refractivity contribution in [2.45, 2.75) is 75.6 Å². The summed E-state index contributed by atoms with van der Waals surface area (Å²) >= 11 is 0. The molecular weight excluding hydrogens is 216 g/mol. The minimum atomic E-state index is -0.198. The maximum Gasteiger partial charge on any atom is 0.0703 e. The molecule has 0 amide bonds. The average Bonchev–Trinajstić information content (AvgIpc) is 2.76. The van der Waals surface area contributed by atoms with Crippen molar-refractivity contribution in [1.82, 2.24) is 0 Å². The molecule has 3 nitrogen and oxygen atoms in total. The van der Waals surface area contributed by atoms with E-state index in [1.165, 1.54) is 19.3 Å². The number of rotatable bonds is 7. The van der Waals surface area contributed by atoms with Crippen LogP contribution in [0.2, 0.25) is 0 Å². The molecule has 2 aliphatic rings. The summed E-state index contributed by atoms with van der Waals surface area (Å²) in [7, 11) is 1.78.